The summed E-state index contributed by atoms with van der Waals surface area (Å²) in [6, 6.07) is 5.98. The highest BCUT2D eigenvalue weighted by molar-refractivity contribution is 6.29. The van der Waals surface area contributed by atoms with Crippen LogP contribution in [0.5, 0.6) is 0 Å². The summed E-state index contributed by atoms with van der Waals surface area (Å²) in [5, 5.41) is 4.87. The second-order valence-electron chi connectivity index (χ2n) is 7.47. The van der Waals surface area contributed by atoms with Crippen LogP contribution < -0.4 is 16.2 Å². The number of hydrogen-bond donors (Lipinski definition) is 2. The molecule has 1 aromatic carbocycles. The molecular formula is C22H23ClF3N5O2. The number of anilines is 1. The van der Waals surface area contributed by atoms with Crippen molar-refractivity contribution in [3.8, 4) is 0 Å². The molecule has 2 N–H and O–H groups in total. The molecule has 0 bridgehead atoms. The first-order valence-electron chi connectivity index (χ1n) is 10.1. The zero-order valence-corrected chi connectivity index (χ0v) is 18.6. The summed E-state index contributed by atoms with van der Waals surface area (Å²) in [5.41, 5.74) is -0.287. The van der Waals surface area contributed by atoms with Crippen LogP contribution in [-0.4, -0.2) is 53.0 Å². The van der Waals surface area contributed by atoms with Gasteiger partial charge >= 0.3 is 5.92 Å². The molecule has 0 saturated carbocycles. The molecular weight excluding hydrogens is 459 g/mol. The van der Waals surface area contributed by atoms with E-state index in [0.29, 0.717) is 18.5 Å². The lowest BCUT2D eigenvalue weighted by Crippen LogP contribution is -2.40. The number of amides is 1. The predicted octanol–water partition coefficient (Wildman–Crippen LogP) is 2.83. The van der Waals surface area contributed by atoms with Crippen molar-refractivity contribution in [1.29, 1.82) is 0 Å². The van der Waals surface area contributed by atoms with E-state index in [1.165, 1.54) is 23.1 Å². The number of aromatic nitrogens is 2. The van der Waals surface area contributed by atoms with Crippen molar-refractivity contribution in [3.63, 3.8) is 0 Å². The van der Waals surface area contributed by atoms with Crippen molar-refractivity contribution >= 4 is 23.3 Å². The Kier molecular flexibility index (Phi) is 7.80. The fraction of sp³-hybridized carbons (Fsp3) is 0.318. The third kappa shape index (κ3) is 6.38. The van der Waals surface area contributed by atoms with Crippen LogP contribution in [0.2, 0.25) is 5.15 Å². The standard InChI is InChI=1S/C22H23ClF3N5O2/c1-30-10-3-2-7-17(30)22(25,26)14-29-20-21(33)31(18(23)12-28-20)13-19(32)27-9-8-15-5-4-6-16(24)11-15/h2-7,11-12H,8-10,13-14H2,1H3,(H,27,32)(H,28,29). The van der Waals surface area contributed by atoms with Gasteiger partial charge in [0.25, 0.3) is 5.56 Å². The van der Waals surface area contributed by atoms with E-state index >= 15 is 0 Å². The third-order valence-corrected chi connectivity index (χ3v) is 5.27. The summed E-state index contributed by atoms with van der Waals surface area (Å²) >= 11 is 6.00. The maximum Gasteiger partial charge on any atom is 0.304 e. The van der Waals surface area contributed by atoms with Gasteiger partial charge in [0.1, 0.15) is 17.5 Å². The molecule has 0 saturated heterocycles. The molecule has 0 aliphatic carbocycles. The number of halogens is 4. The van der Waals surface area contributed by atoms with Gasteiger partial charge in [-0.25, -0.2) is 9.37 Å². The molecule has 3 rings (SSSR count). The van der Waals surface area contributed by atoms with Gasteiger partial charge in [-0.1, -0.05) is 35.9 Å². The lowest BCUT2D eigenvalue weighted by molar-refractivity contribution is -0.121. The highest BCUT2D eigenvalue weighted by Crippen LogP contribution is 2.28. The van der Waals surface area contributed by atoms with E-state index in [2.05, 4.69) is 15.6 Å². The molecule has 2 heterocycles. The zero-order valence-electron chi connectivity index (χ0n) is 17.8. The highest BCUT2D eigenvalue weighted by atomic mass is 35.5. The quantitative estimate of drug-likeness (QED) is 0.576. The molecule has 0 radical (unpaired) electrons. The summed E-state index contributed by atoms with van der Waals surface area (Å²) in [4.78, 5) is 30.1. The van der Waals surface area contributed by atoms with Crippen molar-refractivity contribution < 1.29 is 18.0 Å². The molecule has 11 heteroatoms. The van der Waals surface area contributed by atoms with Crippen LogP contribution in [0.1, 0.15) is 5.56 Å². The number of carbonyl (C=O) groups is 1. The number of hydrogen-bond acceptors (Lipinski definition) is 5. The summed E-state index contributed by atoms with van der Waals surface area (Å²) in [7, 11) is 1.55. The molecule has 7 nitrogen and oxygen atoms in total. The number of allylic oxidation sites excluding steroid dienone is 2. The Labute approximate surface area is 193 Å². The fourth-order valence-electron chi connectivity index (χ4n) is 3.26. The molecule has 1 amide bonds. The Balaban J connectivity index is 1.62. The third-order valence-electron chi connectivity index (χ3n) is 4.97. The normalized spacial score (nSPS) is 13.6. The van der Waals surface area contributed by atoms with Gasteiger partial charge in [-0.05, 0) is 30.2 Å². The number of nitrogens with zero attached hydrogens (tertiary/aromatic N) is 3. The average Bonchev–Trinajstić information content (AvgIpc) is 2.76. The van der Waals surface area contributed by atoms with Crippen LogP contribution >= 0.6 is 11.6 Å². The SMILES string of the molecule is CN1CC=CC=C1C(F)(F)CNc1ncc(Cl)n(CC(=O)NCCc2cccc(F)c2)c1=O. The van der Waals surface area contributed by atoms with E-state index in [0.717, 1.165) is 10.8 Å². The molecule has 0 fully saturated rings. The Bertz CT molecular complexity index is 1130. The van der Waals surface area contributed by atoms with Gasteiger partial charge in [-0.2, -0.15) is 8.78 Å². The summed E-state index contributed by atoms with van der Waals surface area (Å²) in [6.07, 6.45) is 6.11. The number of nitrogens with one attached hydrogen (secondary N) is 2. The number of likely N-dealkylation sites (N-methyl/N-ethyl adjacent to an activating group) is 1. The minimum absolute atomic E-state index is 0.113. The number of rotatable bonds is 9. The number of carbonyl (C=O) groups excluding carboxylic acids is 1. The van der Waals surface area contributed by atoms with Crippen LogP contribution in [-0.2, 0) is 17.8 Å². The second kappa shape index (κ2) is 10.6. The molecule has 1 aromatic heterocycles. The highest BCUT2D eigenvalue weighted by Gasteiger charge is 2.37. The Hall–Kier alpha value is -3.27. The van der Waals surface area contributed by atoms with Gasteiger partial charge in [0.2, 0.25) is 5.91 Å². The largest absolute Gasteiger partial charge is 0.369 e. The molecule has 0 unspecified atom stereocenters. The first-order chi connectivity index (χ1) is 15.7. The lowest BCUT2D eigenvalue weighted by atomic mass is 10.1. The number of alkyl halides is 2. The van der Waals surface area contributed by atoms with Crippen LogP contribution in [0.3, 0.4) is 0 Å². The molecule has 0 spiro atoms. The maximum atomic E-state index is 14.6. The van der Waals surface area contributed by atoms with Crippen LogP contribution in [0.15, 0.2) is 59.2 Å². The van der Waals surface area contributed by atoms with Gasteiger partial charge in [-0.15, -0.1) is 0 Å². The Morgan fingerprint density at radius 2 is 2.12 bits per heavy atom. The summed E-state index contributed by atoms with van der Waals surface area (Å²) in [6.45, 7) is -0.719. The minimum Gasteiger partial charge on any atom is -0.369 e. The first-order valence-corrected chi connectivity index (χ1v) is 10.5. The number of benzene rings is 1. The van der Waals surface area contributed by atoms with Crippen LogP contribution in [0.25, 0.3) is 0 Å². The molecule has 1 aliphatic rings. The van der Waals surface area contributed by atoms with Crippen molar-refractivity contribution in [2.45, 2.75) is 18.9 Å². The second-order valence-corrected chi connectivity index (χ2v) is 7.86. The lowest BCUT2D eigenvalue weighted by Gasteiger charge is -2.30. The predicted molar refractivity (Wildman–Crippen MR) is 120 cm³/mol. The Morgan fingerprint density at radius 1 is 1.33 bits per heavy atom. The molecule has 33 heavy (non-hydrogen) atoms. The van der Waals surface area contributed by atoms with Crippen LogP contribution in [0.4, 0.5) is 19.0 Å². The van der Waals surface area contributed by atoms with E-state index in [1.807, 2.05) is 0 Å². The van der Waals surface area contributed by atoms with E-state index < -0.39 is 30.5 Å². The van der Waals surface area contributed by atoms with Crippen molar-refractivity contribution in [1.82, 2.24) is 19.8 Å². The van der Waals surface area contributed by atoms with Gasteiger partial charge in [-0.3, -0.25) is 14.2 Å². The minimum atomic E-state index is -3.26. The monoisotopic (exact) mass is 481 g/mol. The zero-order chi connectivity index (χ0) is 24.0. The van der Waals surface area contributed by atoms with Crippen LogP contribution in [0, 0.1) is 5.82 Å². The topological polar surface area (TPSA) is 79.3 Å². The maximum absolute atomic E-state index is 14.6. The molecule has 176 valence electrons. The van der Waals surface area contributed by atoms with Gasteiger partial charge in [0, 0.05) is 20.1 Å². The Morgan fingerprint density at radius 3 is 2.85 bits per heavy atom. The molecule has 1 aliphatic heterocycles. The fourth-order valence-corrected chi connectivity index (χ4v) is 3.45. The van der Waals surface area contributed by atoms with Crippen molar-refractivity contribution in [2.75, 3.05) is 32.0 Å². The van der Waals surface area contributed by atoms with Gasteiger partial charge < -0.3 is 15.5 Å². The smallest absolute Gasteiger partial charge is 0.304 e. The van der Waals surface area contributed by atoms with E-state index in [1.54, 1.807) is 31.3 Å². The van der Waals surface area contributed by atoms with Gasteiger partial charge in [0.15, 0.2) is 5.82 Å². The van der Waals surface area contributed by atoms with Gasteiger partial charge in [0.05, 0.1) is 18.4 Å². The van der Waals surface area contributed by atoms with Crippen molar-refractivity contribution in [3.05, 3.63) is 81.3 Å². The van der Waals surface area contributed by atoms with E-state index in [9.17, 15) is 22.8 Å². The first kappa shape index (κ1) is 24.4. The average molecular weight is 482 g/mol. The van der Waals surface area contributed by atoms with Crippen molar-refractivity contribution in [2.24, 2.45) is 0 Å². The molecule has 2 aromatic rings. The van der Waals surface area contributed by atoms with E-state index in [4.69, 9.17) is 11.6 Å². The van der Waals surface area contributed by atoms with E-state index in [-0.39, 0.29) is 29.0 Å². The summed E-state index contributed by atoms with van der Waals surface area (Å²) in [5.74, 6) is -4.49. The summed E-state index contributed by atoms with van der Waals surface area (Å²) < 4.78 is 43.4. The molecule has 0 atom stereocenters.